The summed E-state index contributed by atoms with van der Waals surface area (Å²) in [6.45, 7) is 4.32. The molecule has 0 aliphatic carbocycles. The molecule has 0 bridgehead atoms. The predicted octanol–water partition coefficient (Wildman–Crippen LogP) is 4.85. The van der Waals surface area contributed by atoms with Crippen LogP contribution in [-0.2, 0) is 10.5 Å². The molecular weight excluding hydrogens is 340 g/mol. The molecule has 0 spiro atoms. The van der Waals surface area contributed by atoms with Crippen molar-refractivity contribution in [2.45, 2.75) is 25.5 Å². The predicted molar refractivity (Wildman–Crippen MR) is 104 cm³/mol. The van der Waals surface area contributed by atoms with Crippen LogP contribution in [0.15, 0.2) is 53.6 Å². The summed E-state index contributed by atoms with van der Waals surface area (Å²) >= 11 is 7.38. The summed E-state index contributed by atoms with van der Waals surface area (Å²) in [6, 6.07) is 15.8. The minimum absolute atomic E-state index is 0.107. The van der Waals surface area contributed by atoms with E-state index in [4.69, 9.17) is 11.6 Å². The minimum atomic E-state index is -0.107. The van der Waals surface area contributed by atoms with E-state index in [1.807, 2.05) is 36.4 Å². The molecule has 0 aliphatic rings. The molecule has 1 amide bonds. The van der Waals surface area contributed by atoms with E-state index in [9.17, 15) is 4.79 Å². The standard InChI is InChI=1S/C19H21ClN2OS/c1-14(2)17-7-3-15(4-8-17)11-21-22-19(23)13-24-12-16-5-9-18(20)10-6-16/h3-11,14H,12-13H2,1-2H3,(H,22,23). The molecule has 0 saturated carbocycles. The van der Waals surface area contributed by atoms with Crippen LogP contribution in [-0.4, -0.2) is 17.9 Å². The summed E-state index contributed by atoms with van der Waals surface area (Å²) in [5, 5.41) is 4.72. The SMILES string of the molecule is CC(C)c1ccc(C=NNC(=O)CSCc2ccc(Cl)cc2)cc1. The van der Waals surface area contributed by atoms with E-state index in [0.717, 1.165) is 21.9 Å². The largest absolute Gasteiger partial charge is 0.272 e. The molecule has 126 valence electrons. The maximum atomic E-state index is 11.8. The van der Waals surface area contributed by atoms with Gasteiger partial charge in [-0.05, 0) is 34.7 Å². The highest BCUT2D eigenvalue weighted by atomic mass is 35.5. The van der Waals surface area contributed by atoms with Gasteiger partial charge in [-0.15, -0.1) is 11.8 Å². The lowest BCUT2D eigenvalue weighted by Crippen LogP contribution is -2.19. The van der Waals surface area contributed by atoms with Crippen LogP contribution in [0.1, 0.15) is 36.5 Å². The Morgan fingerprint density at radius 3 is 2.46 bits per heavy atom. The van der Waals surface area contributed by atoms with Gasteiger partial charge in [0.1, 0.15) is 0 Å². The van der Waals surface area contributed by atoms with Crippen molar-refractivity contribution < 1.29 is 4.79 Å². The molecule has 2 aromatic rings. The van der Waals surface area contributed by atoms with E-state index in [0.29, 0.717) is 11.7 Å². The molecule has 5 heteroatoms. The number of carbonyl (C=O) groups is 1. The minimum Gasteiger partial charge on any atom is -0.272 e. The molecule has 0 saturated heterocycles. The summed E-state index contributed by atoms with van der Waals surface area (Å²) < 4.78 is 0. The Hall–Kier alpha value is -1.78. The highest BCUT2D eigenvalue weighted by Crippen LogP contribution is 2.15. The summed E-state index contributed by atoms with van der Waals surface area (Å²) in [5.41, 5.74) is 5.95. The lowest BCUT2D eigenvalue weighted by atomic mass is 10.0. The third-order valence-electron chi connectivity index (χ3n) is 3.42. The van der Waals surface area contributed by atoms with Crippen LogP contribution in [0.2, 0.25) is 5.02 Å². The van der Waals surface area contributed by atoms with Crippen LogP contribution >= 0.6 is 23.4 Å². The molecular formula is C19H21ClN2OS. The first-order chi connectivity index (χ1) is 11.5. The Bertz CT molecular complexity index is 682. The molecule has 0 atom stereocenters. The van der Waals surface area contributed by atoms with Crippen LogP contribution in [0.3, 0.4) is 0 Å². The fourth-order valence-electron chi connectivity index (χ4n) is 2.02. The van der Waals surface area contributed by atoms with E-state index in [1.165, 1.54) is 5.56 Å². The maximum Gasteiger partial charge on any atom is 0.250 e. The van der Waals surface area contributed by atoms with Crippen molar-refractivity contribution in [1.29, 1.82) is 0 Å². The van der Waals surface area contributed by atoms with Gasteiger partial charge in [-0.2, -0.15) is 5.10 Å². The average Bonchev–Trinajstić information content (AvgIpc) is 2.57. The topological polar surface area (TPSA) is 41.5 Å². The number of benzene rings is 2. The highest BCUT2D eigenvalue weighted by Gasteiger charge is 2.01. The summed E-state index contributed by atoms with van der Waals surface area (Å²) in [6.07, 6.45) is 1.66. The molecule has 2 aromatic carbocycles. The first-order valence-electron chi connectivity index (χ1n) is 7.78. The van der Waals surface area contributed by atoms with Crippen molar-refractivity contribution in [2.75, 3.05) is 5.75 Å². The van der Waals surface area contributed by atoms with Crippen molar-refractivity contribution in [3.63, 3.8) is 0 Å². The van der Waals surface area contributed by atoms with Gasteiger partial charge in [0.15, 0.2) is 0 Å². The second-order valence-corrected chi connectivity index (χ2v) is 7.16. The van der Waals surface area contributed by atoms with Gasteiger partial charge in [0.2, 0.25) is 5.91 Å². The molecule has 0 aromatic heterocycles. The van der Waals surface area contributed by atoms with Crippen LogP contribution in [0.5, 0.6) is 0 Å². The number of amides is 1. The fourth-order valence-corrected chi connectivity index (χ4v) is 2.93. The Labute approximate surface area is 152 Å². The number of thioether (sulfide) groups is 1. The number of nitrogens with zero attached hydrogens (tertiary/aromatic N) is 1. The molecule has 1 N–H and O–H groups in total. The molecule has 0 radical (unpaired) electrons. The summed E-state index contributed by atoms with van der Waals surface area (Å²) in [7, 11) is 0. The van der Waals surface area contributed by atoms with E-state index < -0.39 is 0 Å². The lowest BCUT2D eigenvalue weighted by molar-refractivity contribution is -0.118. The van der Waals surface area contributed by atoms with E-state index in [1.54, 1.807) is 18.0 Å². The van der Waals surface area contributed by atoms with Crippen LogP contribution < -0.4 is 5.43 Å². The number of halogens is 1. The summed E-state index contributed by atoms with van der Waals surface area (Å²) in [4.78, 5) is 11.8. The Kier molecular flexibility index (Phi) is 7.35. The lowest BCUT2D eigenvalue weighted by Gasteiger charge is -2.04. The summed E-state index contributed by atoms with van der Waals surface area (Å²) in [5.74, 6) is 1.54. The van der Waals surface area contributed by atoms with Gasteiger partial charge in [0.25, 0.3) is 0 Å². The monoisotopic (exact) mass is 360 g/mol. The third-order valence-corrected chi connectivity index (χ3v) is 4.68. The van der Waals surface area contributed by atoms with Gasteiger partial charge in [-0.3, -0.25) is 4.79 Å². The molecule has 3 nitrogen and oxygen atoms in total. The number of hydrazone groups is 1. The molecule has 0 aliphatic heterocycles. The fraction of sp³-hybridized carbons (Fsp3) is 0.263. The first kappa shape index (κ1) is 18.6. The second-order valence-electron chi connectivity index (χ2n) is 5.73. The molecule has 24 heavy (non-hydrogen) atoms. The van der Waals surface area contributed by atoms with Crippen LogP contribution in [0, 0.1) is 0 Å². The first-order valence-corrected chi connectivity index (χ1v) is 9.32. The zero-order valence-corrected chi connectivity index (χ0v) is 15.4. The third kappa shape index (κ3) is 6.38. The maximum absolute atomic E-state index is 11.8. The zero-order chi connectivity index (χ0) is 17.4. The number of hydrogen-bond donors (Lipinski definition) is 1. The number of rotatable bonds is 7. The van der Waals surface area contributed by atoms with Crippen molar-refractivity contribution in [2.24, 2.45) is 5.10 Å². The highest BCUT2D eigenvalue weighted by molar-refractivity contribution is 7.99. The van der Waals surface area contributed by atoms with E-state index in [-0.39, 0.29) is 5.91 Å². The number of nitrogens with one attached hydrogen (secondary N) is 1. The second kappa shape index (κ2) is 9.50. The molecule has 2 rings (SSSR count). The van der Waals surface area contributed by atoms with Crippen molar-refractivity contribution in [3.8, 4) is 0 Å². The smallest absolute Gasteiger partial charge is 0.250 e. The van der Waals surface area contributed by atoms with E-state index in [2.05, 4.69) is 36.5 Å². The van der Waals surface area contributed by atoms with Gasteiger partial charge in [-0.1, -0.05) is 61.8 Å². The van der Waals surface area contributed by atoms with E-state index >= 15 is 0 Å². The van der Waals surface area contributed by atoms with Gasteiger partial charge in [-0.25, -0.2) is 5.43 Å². The number of carbonyl (C=O) groups excluding carboxylic acids is 1. The zero-order valence-electron chi connectivity index (χ0n) is 13.8. The van der Waals surface area contributed by atoms with Crippen molar-refractivity contribution in [1.82, 2.24) is 5.43 Å². The van der Waals surface area contributed by atoms with Gasteiger partial charge in [0.05, 0.1) is 12.0 Å². The quantitative estimate of drug-likeness (QED) is 0.566. The number of hydrogen-bond acceptors (Lipinski definition) is 3. The van der Waals surface area contributed by atoms with Crippen molar-refractivity contribution >= 4 is 35.5 Å². The van der Waals surface area contributed by atoms with Crippen molar-refractivity contribution in [3.05, 3.63) is 70.2 Å². The Morgan fingerprint density at radius 1 is 1.17 bits per heavy atom. The average molecular weight is 361 g/mol. The Balaban J connectivity index is 1.71. The molecule has 0 heterocycles. The van der Waals surface area contributed by atoms with Gasteiger partial charge in [0, 0.05) is 10.8 Å². The van der Waals surface area contributed by atoms with Gasteiger partial charge >= 0.3 is 0 Å². The van der Waals surface area contributed by atoms with Crippen LogP contribution in [0.4, 0.5) is 0 Å². The normalized spacial score (nSPS) is 11.2. The molecule has 0 unspecified atom stereocenters. The van der Waals surface area contributed by atoms with Crippen LogP contribution in [0.25, 0.3) is 0 Å². The Morgan fingerprint density at radius 2 is 1.83 bits per heavy atom. The van der Waals surface area contributed by atoms with Gasteiger partial charge < -0.3 is 0 Å². The molecule has 0 fully saturated rings.